The van der Waals surface area contributed by atoms with Crippen LogP contribution in [0.2, 0.25) is 5.02 Å². The highest BCUT2D eigenvalue weighted by Gasteiger charge is 2.46. The number of halogens is 2. The maximum Gasteiger partial charge on any atom is 0.323 e. The normalized spacial score (nSPS) is 16.9. The van der Waals surface area contributed by atoms with E-state index in [1.54, 1.807) is 18.2 Å². The molecule has 4 N–H and O–H groups in total. The van der Waals surface area contributed by atoms with E-state index < -0.39 is 33.9 Å². The highest BCUT2D eigenvalue weighted by atomic mass is 35.5. The van der Waals surface area contributed by atoms with Crippen LogP contribution >= 0.6 is 11.6 Å². The highest BCUT2D eigenvalue weighted by Crippen LogP contribution is 2.26. The lowest BCUT2D eigenvalue weighted by Gasteiger charge is -2.28. The Kier molecular flexibility index (Phi) is 7.11. The smallest absolute Gasteiger partial charge is 0.323 e. The number of carbonyl (C=O) groups is 2. The van der Waals surface area contributed by atoms with Crippen molar-refractivity contribution in [3.63, 3.8) is 0 Å². The van der Waals surface area contributed by atoms with E-state index in [4.69, 9.17) is 17.3 Å². The number of carbonyl (C=O) groups excluding carboxylic acids is 2. The number of urea groups is 1. The van der Waals surface area contributed by atoms with Gasteiger partial charge in [-0.2, -0.15) is 4.31 Å². The number of nitrogens with zero attached hydrogens (tertiary/aromatic N) is 2. The molecule has 0 spiro atoms. The van der Waals surface area contributed by atoms with Crippen LogP contribution < -0.4 is 16.4 Å². The fourth-order valence-electron chi connectivity index (χ4n) is 3.13. The van der Waals surface area contributed by atoms with E-state index in [1.165, 1.54) is 6.07 Å². The summed E-state index contributed by atoms with van der Waals surface area (Å²) < 4.78 is 40.4. The van der Waals surface area contributed by atoms with E-state index in [-0.39, 0.29) is 31.1 Å². The van der Waals surface area contributed by atoms with Crippen LogP contribution in [0, 0.1) is 5.82 Å². The monoisotopic (exact) mass is 469 g/mol. The first kappa shape index (κ1) is 22.9. The molecular formula is C19H21ClFN5O4S. The Balaban J connectivity index is 1.90. The van der Waals surface area contributed by atoms with Crippen molar-refractivity contribution in [2.24, 2.45) is 5.73 Å². The molecule has 3 rings (SSSR count). The molecular weight excluding hydrogens is 449 g/mol. The molecule has 1 fully saturated rings. The number of hydrogen-bond acceptors (Lipinski definition) is 5. The Hall–Kier alpha value is -2.73. The van der Waals surface area contributed by atoms with Crippen molar-refractivity contribution in [2.75, 3.05) is 31.5 Å². The van der Waals surface area contributed by atoms with Crippen molar-refractivity contribution >= 4 is 39.2 Å². The van der Waals surface area contributed by atoms with Gasteiger partial charge in [0, 0.05) is 36.9 Å². The van der Waals surface area contributed by atoms with Crippen LogP contribution in [0.3, 0.4) is 0 Å². The van der Waals surface area contributed by atoms with Crippen LogP contribution in [-0.4, -0.2) is 61.9 Å². The molecule has 0 saturated carbocycles. The Morgan fingerprint density at radius 1 is 1.16 bits per heavy atom. The number of nitrogens with two attached hydrogens (primary N) is 1. The van der Waals surface area contributed by atoms with Gasteiger partial charge in [-0.3, -0.25) is 9.69 Å². The third-order valence-electron chi connectivity index (χ3n) is 4.56. The number of nitrogens with one attached hydrogen (secondary N) is 2. The number of anilines is 1. The molecule has 0 aromatic heterocycles. The second-order valence-corrected chi connectivity index (χ2v) is 8.98. The van der Waals surface area contributed by atoms with Gasteiger partial charge in [0.25, 0.3) is 5.91 Å². The second-order valence-electron chi connectivity index (χ2n) is 6.66. The summed E-state index contributed by atoms with van der Waals surface area (Å²) in [7, 11) is -4.19. The largest absolute Gasteiger partial charge is 0.352 e. The molecule has 9 nitrogen and oxygen atoms in total. The Morgan fingerprint density at radius 3 is 2.52 bits per heavy atom. The van der Waals surface area contributed by atoms with Gasteiger partial charge in [-0.25, -0.2) is 17.6 Å². The predicted molar refractivity (Wildman–Crippen MR) is 113 cm³/mol. The van der Waals surface area contributed by atoms with E-state index in [0.29, 0.717) is 10.7 Å². The van der Waals surface area contributed by atoms with Gasteiger partial charge in [0.15, 0.2) is 6.17 Å². The average Bonchev–Trinajstić information content (AvgIpc) is 3.19. The zero-order valence-electron chi connectivity index (χ0n) is 16.3. The summed E-state index contributed by atoms with van der Waals surface area (Å²) in [6.45, 7) is 0.0817. The third kappa shape index (κ3) is 5.13. The summed E-state index contributed by atoms with van der Waals surface area (Å²) in [6.07, 6.45) is -1.44. The Labute approximate surface area is 184 Å². The topological polar surface area (TPSA) is 125 Å². The lowest BCUT2D eigenvalue weighted by Crippen LogP contribution is -2.55. The van der Waals surface area contributed by atoms with Crippen molar-refractivity contribution < 1.29 is 22.4 Å². The van der Waals surface area contributed by atoms with Gasteiger partial charge in [-0.15, -0.1) is 0 Å². The first-order valence-corrected chi connectivity index (χ1v) is 11.1. The zero-order valence-corrected chi connectivity index (χ0v) is 17.9. The summed E-state index contributed by atoms with van der Waals surface area (Å²) in [6, 6.07) is 9.95. The molecule has 1 atom stereocenters. The SMILES string of the molecule is NCCNC(=O)C1N(C(=O)Nc2cccc(Cl)c2)CCN1S(=O)(=O)c1ccc(F)cc1. The summed E-state index contributed by atoms with van der Waals surface area (Å²) in [4.78, 5) is 26.6. The number of sulfonamides is 1. The molecule has 166 valence electrons. The fraction of sp³-hybridized carbons (Fsp3) is 0.263. The molecule has 0 radical (unpaired) electrons. The van der Waals surface area contributed by atoms with Gasteiger partial charge in [0.2, 0.25) is 10.0 Å². The summed E-state index contributed by atoms with van der Waals surface area (Å²) in [5.74, 6) is -1.30. The molecule has 3 amide bonds. The molecule has 2 aromatic rings. The van der Waals surface area contributed by atoms with Crippen molar-refractivity contribution in [3.8, 4) is 0 Å². The van der Waals surface area contributed by atoms with E-state index >= 15 is 0 Å². The van der Waals surface area contributed by atoms with Crippen molar-refractivity contribution in [2.45, 2.75) is 11.1 Å². The van der Waals surface area contributed by atoms with Crippen LogP contribution in [0.1, 0.15) is 0 Å². The molecule has 1 heterocycles. The minimum absolute atomic E-state index is 0.0342. The quantitative estimate of drug-likeness (QED) is 0.590. The molecule has 2 aromatic carbocycles. The number of rotatable bonds is 6. The molecule has 0 aliphatic carbocycles. The maximum atomic E-state index is 13.2. The zero-order chi connectivity index (χ0) is 22.6. The molecule has 1 aliphatic heterocycles. The molecule has 0 bridgehead atoms. The maximum absolute atomic E-state index is 13.2. The van der Waals surface area contributed by atoms with Crippen molar-refractivity contribution in [1.29, 1.82) is 0 Å². The third-order valence-corrected chi connectivity index (χ3v) is 6.67. The molecule has 1 aliphatic rings. The summed E-state index contributed by atoms with van der Waals surface area (Å²) in [5.41, 5.74) is 5.81. The van der Waals surface area contributed by atoms with Crippen LogP contribution in [0.25, 0.3) is 0 Å². The van der Waals surface area contributed by atoms with Gasteiger partial charge in [0.05, 0.1) is 4.90 Å². The van der Waals surface area contributed by atoms with Crippen molar-refractivity contribution in [1.82, 2.24) is 14.5 Å². The number of benzene rings is 2. The van der Waals surface area contributed by atoms with E-state index in [2.05, 4.69) is 10.6 Å². The second kappa shape index (κ2) is 9.60. The minimum atomic E-state index is -4.19. The van der Waals surface area contributed by atoms with E-state index in [1.807, 2.05) is 0 Å². The first-order chi connectivity index (χ1) is 14.7. The standard InChI is InChI=1S/C19H21ClFN5O4S/c20-13-2-1-3-15(12-13)24-19(28)25-10-11-26(18(25)17(27)23-9-8-22)31(29,30)16-6-4-14(21)5-7-16/h1-7,12,18H,8-11,22H2,(H,23,27)(H,24,28). The van der Waals surface area contributed by atoms with Crippen LogP contribution in [0.5, 0.6) is 0 Å². The number of hydrogen-bond donors (Lipinski definition) is 3. The molecule has 12 heteroatoms. The first-order valence-electron chi connectivity index (χ1n) is 9.32. The fourth-order valence-corrected chi connectivity index (χ4v) is 4.87. The predicted octanol–water partition coefficient (Wildman–Crippen LogP) is 1.42. The summed E-state index contributed by atoms with van der Waals surface area (Å²) >= 11 is 5.93. The minimum Gasteiger partial charge on any atom is -0.352 e. The van der Waals surface area contributed by atoms with Gasteiger partial charge in [-0.05, 0) is 42.5 Å². The Morgan fingerprint density at radius 2 is 1.87 bits per heavy atom. The molecule has 1 unspecified atom stereocenters. The van der Waals surface area contributed by atoms with Crippen molar-refractivity contribution in [3.05, 3.63) is 59.4 Å². The number of amides is 3. The summed E-state index contributed by atoms with van der Waals surface area (Å²) in [5, 5.41) is 5.53. The van der Waals surface area contributed by atoms with Gasteiger partial charge in [0.1, 0.15) is 5.82 Å². The van der Waals surface area contributed by atoms with E-state index in [0.717, 1.165) is 33.5 Å². The van der Waals surface area contributed by atoms with Gasteiger partial charge < -0.3 is 16.4 Å². The van der Waals surface area contributed by atoms with Crippen LogP contribution in [-0.2, 0) is 14.8 Å². The van der Waals surface area contributed by atoms with Gasteiger partial charge >= 0.3 is 6.03 Å². The van der Waals surface area contributed by atoms with Crippen LogP contribution in [0.4, 0.5) is 14.9 Å². The lowest BCUT2D eigenvalue weighted by molar-refractivity contribution is -0.127. The van der Waals surface area contributed by atoms with Gasteiger partial charge in [-0.1, -0.05) is 17.7 Å². The Bertz CT molecular complexity index is 1070. The molecule has 1 saturated heterocycles. The van der Waals surface area contributed by atoms with Crippen LogP contribution in [0.15, 0.2) is 53.4 Å². The highest BCUT2D eigenvalue weighted by molar-refractivity contribution is 7.89. The van der Waals surface area contributed by atoms with E-state index in [9.17, 15) is 22.4 Å². The lowest BCUT2D eigenvalue weighted by atomic mass is 10.3. The average molecular weight is 470 g/mol. The molecule has 31 heavy (non-hydrogen) atoms.